The molecule has 0 spiro atoms. The fourth-order valence-corrected chi connectivity index (χ4v) is 3.90. The van der Waals surface area contributed by atoms with Crippen molar-refractivity contribution in [3.05, 3.63) is 0 Å². The summed E-state index contributed by atoms with van der Waals surface area (Å²) in [6.45, 7) is 5.98. The van der Waals surface area contributed by atoms with E-state index in [4.69, 9.17) is 10.9 Å². The molecule has 112 valence electrons. The van der Waals surface area contributed by atoms with Crippen molar-refractivity contribution in [2.75, 3.05) is 31.9 Å². The predicted molar refractivity (Wildman–Crippen MR) is 74.7 cm³/mol. The van der Waals surface area contributed by atoms with Gasteiger partial charge in [0.25, 0.3) is 0 Å². The number of oxime groups is 1. The second-order valence-corrected chi connectivity index (χ2v) is 6.79. The van der Waals surface area contributed by atoms with Crippen LogP contribution in [0.3, 0.4) is 0 Å². The van der Waals surface area contributed by atoms with Gasteiger partial charge >= 0.3 is 0 Å². The molecule has 0 aliphatic carbocycles. The fourth-order valence-electron chi connectivity index (χ4n) is 2.40. The standard InChI is InChI=1S/C11H24N4O3S/c1-3-9-19(17,18)15-7-5-14(6-8-15)10(4-2)11(12)13-16/h10,16H,3-9H2,1-2H3,(H2,12,13). The largest absolute Gasteiger partial charge is 0.409 e. The molecule has 7 nitrogen and oxygen atoms in total. The van der Waals surface area contributed by atoms with Crippen molar-refractivity contribution in [2.24, 2.45) is 10.9 Å². The van der Waals surface area contributed by atoms with Gasteiger partial charge in [-0.15, -0.1) is 0 Å². The lowest BCUT2D eigenvalue weighted by Gasteiger charge is -2.37. The molecule has 1 aliphatic heterocycles. The van der Waals surface area contributed by atoms with Crippen molar-refractivity contribution in [2.45, 2.75) is 32.7 Å². The smallest absolute Gasteiger partial charge is 0.214 e. The zero-order valence-corrected chi connectivity index (χ0v) is 12.4. The van der Waals surface area contributed by atoms with E-state index in [1.807, 2.05) is 13.8 Å². The molecule has 0 aromatic carbocycles. The van der Waals surface area contributed by atoms with E-state index in [-0.39, 0.29) is 17.6 Å². The van der Waals surface area contributed by atoms with Crippen LogP contribution in [0.4, 0.5) is 0 Å². The lowest BCUT2D eigenvalue weighted by molar-refractivity contribution is 0.161. The highest BCUT2D eigenvalue weighted by atomic mass is 32.2. The molecule has 0 aromatic heterocycles. The normalized spacial score (nSPS) is 21.5. The van der Waals surface area contributed by atoms with Crippen molar-refractivity contribution in [3.63, 3.8) is 0 Å². The van der Waals surface area contributed by atoms with Gasteiger partial charge < -0.3 is 10.9 Å². The van der Waals surface area contributed by atoms with E-state index >= 15 is 0 Å². The predicted octanol–water partition coefficient (Wildman–Crippen LogP) is -0.131. The van der Waals surface area contributed by atoms with Crippen LogP contribution in [0.1, 0.15) is 26.7 Å². The van der Waals surface area contributed by atoms with Gasteiger partial charge in [-0.05, 0) is 12.8 Å². The lowest BCUT2D eigenvalue weighted by Crippen LogP contribution is -2.55. The highest BCUT2D eigenvalue weighted by Crippen LogP contribution is 2.13. The van der Waals surface area contributed by atoms with Gasteiger partial charge in [0, 0.05) is 26.2 Å². The molecule has 1 unspecified atom stereocenters. The van der Waals surface area contributed by atoms with Gasteiger partial charge in [0.05, 0.1) is 11.8 Å². The fraction of sp³-hybridized carbons (Fsp3) is 0.909. The minimum Gasteiger partial charge on any atom is -0.409 e. The Balaban J connectivity index is 2.62. The Morgan fingerprint density at radius 3 is 2.32 bits per heavy atom. The third-order valence-electron chi connectivity index (χ3n) is 3.41. The first-order chi connectivity index (χ1) is 8.96. The van der Waals surface area contributed by atoms with Crippen LogP contribution in [-0.2, 0) is 10.0 Å². The number of nitrogens with two attached hydrogens (primary N) is 1. The number of amidine groups is 1. The Bertz CT molecular complexity index is 402. The quantitative estimate of drug-likeness (QED) is 0.307. The van der Waals surface area contributed by atoms with Crippen LogP contribution >= 0.6 is 0 Å². The molecular weight excluding hydrogens is 268 g/mol. The second-order valence-electron chi connectivity index (χ2n) is 4.70. The molecule has 1 saturated heterocycles. The van der Waals surface area contributed by atoms with Gasteiger partial charge in [0.1, 0.15) is 0 Å². The Hall–Kier alpha value is -0.860. The van der Waals surface area contributed by atoms with Crippen molar-refractivity contribution in [1.82, 2.24) is 9.21 Å². The van der Waals surface area contributed by atoms with Gasteiger partial charge in [-0.1, -0.05) is 19.0 Å². The van der Waals surface area contributed by atoms with Crippen molar-refractivity contribution in [3.8, 4) is 0 Å². The minimum atomic E-state index is -3.12. The van der Waals surface area contributed by atoms with E-state index < -0.39 is 10.0 Å². The summed E-state index contributed by atoms with van der Waals surface area (Å²) in [5, 5.41) is 11.8. The zero-order chi connectivity index (χ0) is 14.5. The van der Waals surface area contributed by atoms with Crippen LogP contribution in [0.2, 0.25) is 0 Å². The summed E-state index contributed by atoms with van der Waals surface area (Å²) in [7, 11) is -3.12. The van der Waals surface area contributed by atoms with Gasteiger partial charge in [0.2, 0.25) is 10.0 Å². The summed E-state index contributed by atoms with van der Waals surface area (Å²) in [5.74, 6) is 0.386. The minimum absolute atomic E-state index is 0.124. The molecule has 1 atom stereocenters. The third-order valence-corrected chi connectivity index (χ3v) is 5.49. The number of rotatable bonds is 6. The molecule has 0 radical (unpaired) electrons. The molecule has 19 heavy (non-hydrogen) atoms. The monoisotopic (exact) mass is 292 g/mol. The molecule has 1 heterocycles. The van der Waals surface area contributed by atoms with Crippen LogP contribution in [0.25, 0.3) is 0 Å². The van der Waals surface area contributed by atoms with Crippen LogP contribution in [0, 0.1) is 0 Å². The average Bonchev–Trinajstić information content (AvgIpc) is 2.40. The van der Waals surface area contributed by atoms with E-state index in [2.05, 4.69) is 10.1 Å². The summed E-state index contributed by atoms with van der Waals surface area (Å²) >= 11 is 0. The Morgan fingerprint density at radius 1 is 1.32 bits per heavy atom. The van der Waals surface area contributed by atoms with E-state index in [0.29, 0.717) is 32.6 Å². The topological polar surface area (TPSA) is 99.2 Å². The maximum atomic E-state index is 11.9. The molecule has 0 amide bonds. The summed E-state index contributed by atoms with van der Waals surface area (Å²) < 4.78 is 25.4. The van der Waals surface area contributed by atoms with Gasteiger partial charge in [-0.2, -0.15) is 4.31 Å². The molecule has 8 heteroatoms. The van der Waals surface area contributed by atoms with Crippen LogP contribution in [-0.4, -0.2) is 66.6 Å². The number of piperazine rings is 1. The molecule has 0 aromatic rings. The van der Waals surface area contributed by atoms with E-state index in [1.165, 1.54) is 4.31 Å². The molecule has 0 bridgehead atoms. The SMILES string of the molecule is CCCS(=O)(=O)N1CCN(C(CC)C(N)=NO)CC1. The maximum Gasteiger partial charge on any atom is 0.214 e. The molecule has 3 N–H and O–H groups in total. The Morgan fingerprint density at radius 2 is 1.89 bits per heavy atom. The first kappa shape index (κ1) is 16.2. The number of hydrogen-bond donors (Lipinski definition) is 2. The van der Waals surface area contributed by atoms with Crippen LogP contribution in [0.5, 0.6) is 0 Å². The zero-order valence-electron chi connectivity index (χ0n) is 11.6. The summed E-state index contributed by atoms with van der Waals surface area (Å²) in [6, 6.07) is -0.124. The van der Waals surface area contributed by atoms with E-state index in [9.17, 15) is 8.42 Å². The van der Waals surface area contributed by atoms with Crippen LogP contribution in [0.15, 0.2) is 5.16 Å². The summed E-state index contributed by atoms with van der Waals surface area (Å²) in [6.07, 6.45) is 1.36. The summed E-state index contributed by atoms with van der Waals surface area (Å²) in [5.41, 5.74) is 5.65. The number of nitrogens with zero attached hydrogens (tertiary/aromatic N) is 3. The molecule has 1 aliphatic rings. The van der Waals surface area contributed by atoms with Gasteiger partial charge in [0.15, 0.2) is 5.84 Å². The number of sulfonamides is 1. The average molecular weight is 292 g/mol. The van der Waals surface area contributed by atoms with Crippen molar-refractivity contribution in [1.29, 1.82) is 0 Å². The first-order valence-corrected chi connectivity index (χ1v) is 8.26. The summed E-state index contributed by atoms with van der Waals surface area (Å²) in [4.78, 5) is 2.06. The molecule has 1 fully saturated rings. The maximum absolute atomic E-state index is 11.9. The van der Waals surface area contributed by atoms with Crippen molar-refractivity contribution >= 4 is 15.9 Å². The van der Waals surface area contributed by atoms with Gasteiger partial charge in [-0.3, -0.25) is 4.90 Å². The molecule has 0 saturated carbocycles. The van der Waals surface area contributed by atoms with Crippen molar-refractivity contribution < 1.29 is 13.6 Å². The Labute approximate surface area is 115 Å². The highest BCUT2D eigenvalue weighted by Gasteiger charge is 2.30. The van der Waals surface area contributed by atoms with E-state index in [1.54, 1.807) is 0 Å². The first-order valence-electron chi connectivity index (χ1n) is 6.65. The van der Waals surface area contributed by atoms with Gasteiger partial charge in [-0.25, -0.2) is 8.42 Å². The second kappa shape index (κ2) is 7.06. The third kappa shape index (κ3) is 4.05. The molecule has 1 rings (SSSR count). The molecular formula is C11H24N4O3S. The highest BCUT2D eigenvalue weighted by molar-refractivity contribution is 7.89. The lowest BCUT2D eigenvalue weighted by atomic mass is 10.1. The van der Waals surface area contributed by atoms with Crippen LogP contribution < -0.4 is 5.73 Å². The van der Waals surface area contributed by atoms with E-state index in [0.717, 1.165) is 6.42 Å². The Kier molecular flexibility index (Phi) is 6.02. The number of hydrogen-bond acceptors (Lipinski definition) is 5.